The molecule has 162 valence electrons. The molecular formula is C20H33ClN6O2. The van der Waals surface area contributed by atoms with E-state index >= 15 is 0 Å². The van der Waals surface area contributed by atoms with Gasteiger partial charge in [-0.3, -0.25) is 4.79 Å². The van der Waals surface area contributed by atoms with Crippen LogP contribution in [0.2, 0.25) is 5.02 Å². The number of pyridine rings is 1. The molecule has 0 saturated carbocycles. The molecule has 2 atom stereocenters. The van der Waals surface area contributed by atoms with Gasteiger partial charge in [-0.15, -0.1) is 0 Å². The smallest absolute Gasteiger partial charge is 0.245 e. The number of rotatable bonds is 6. The lowest BCUT2D eigenvalue weighted by Crippen LogP contribution is -2.48. The number of aromatic amines is 1. The summed E-state index contributed by atoms with van der Waals surface area (Å²) >= 11 is 6.06. The predicted octanol–water partition coefficient (Wildman–Crippen LogP) is 3.98. The van der Waals surface area contributed by atoms with E-state index in [9.17, 15) is 9.90 Å². The maximum Gasteiger partial charge on any atom is 0.245 e. The normalized spacial score (nSPS) is 13.9. The Balaban J connectivity index is 0. The van der Waals surface area contributed by atoms with E-state index in [0.717, 1.165) is 10.9 Å². The van der Waals surface area contributed by atoms with Crippen LogP contribution < -0.4 is 10.6 Å². The van der Waals surface area contributed by atoms with Crippen molar-refractivity contribution < 1.29 is 15.6 Å². The average Bonchev–Trinajstić information content (AvgIpc) is 3.06. The van der Waals surface area contributed by atoms with Gasteiger partial charge < -0.3 is 20.7 Å². The van der Waals surface area contributed by atoms with Crippen molar-refractivity contribution in [1.82, 2.24) is 25.3 Å². The third kappa shape index (κ3) is 5.21. The molecule has 0 spiro atoms. The fourth-order valence-corrected chi connectivity index (χ4v) is 2.92. The van der Waals surface area contributed by atoms with Gasteiger partial charge in [0.25, 0.3) is 0 Å². The number of hydrogen-bond donors (Lipinski definition) is 4. The number of nitrogens with one attached hydrogen (secondary N) is 3. The summed E-state index contributed by atoms with van der Waals surface area (Å²) < 4.78 is 0. The van der Waals surface area contributed by atoms with Crippen LogP contribution in [0.1, 0.15) is 33.4 Å². The molecule has 3 heterocycles. The summed E-state index contributed by atoms with van der Waals surface area (Å²) in [7, 11) is 0. The number of aliphatic hydroxyl groups is 1. The highest BCUT2D eigenvalue weighted by Crippen LogP contribution is 2.27. The minimum atomic E-state index is -0.913. The van der Waals surface area contributed by atoms with Crippen LogP contribution in [0.3, 0.4) is 0 Å². The molecule has 3 aromatic rings. The molecule has 0 aliphatic carbocycles. The summed E-state index contributed by atoms with van der Waals surface area (Å²) in [5, 5.41) is 17.3. The van der Waals surface area contributed by atoms with E-state index in [1.165, 1.54) is 0 Å². The summed E-state index contributed by atoms with van der Waals surface area (Å²) in [6, 6.07) is 2.59. The first-order valence-corrected chi connectivity index (χ1v) is 9.70. The molecule has 0 fully saturated rings. The Hall–Kier alpha value is -2.71. The molecule has 0 radical (unpaired) electrons. The number of nitrogens with zero attached hydrogens (tertiary/aromatic N) is 3. The van der Waals surface area contributed by atoms with Crippen LogP contribution in [0.25, 0.3) is 22.4 Å². The van der Waals surface area contributed by atoms with Crippen molar-refractivity contribution in [3.8, 4) is 11.4 Å². The monoisotopic (exact) mass is 424 g/mol. The number of hydrogen-bond acceptors (Lipinski definition) is 6. The van der Waals surface area contributed by atoms with Gasteiger partial charge in [0.05, 0.1) is 11.1 Å². The van der Waals surface area contributed by atoms with E-state index in [0.29, 0.717) is 28.9 Å². The van der Waals surface area contributed by atoms with Gasteiger partial charge in [0.2, 0.25) is 5.91 Å². The number of anilines is 1. The SMILES string of the molecule is C[C@@H](O)[C@@H](Nc1ccnc(-c2c[nH]c3ncc(Cl)cc23)n1)C(=O)NCC(C)(C)C.[HH].[HH].[HH].[HH]. The zero-order chi connectivity index (χ0) is 21.2. The predicted molar refractivity (Wildman–Crippen MR) is 122 cm³/mol. The summed E-state index contributed by atoms with van der Waals surface area (Å²) in [4.78, 5) is 28.7. The molecule has 8 nitrogen and oxygen atoms in total. The Morgan fingerprint density at radius 3 is 2.83 bits per heavy atom. The van der Waals surface area contributed by atoms with Crippen LogP contribution in [0.4, 0.5) is 5.82 Å². The lowest BCUT2D eigenvalue weighted by Gasteiger charge is -2.24. The first kappa shape index (κ1) is 21.0. The molecule has 0 aliphatic heterocycles. The Morgan fingerprint density at radius 1 is 1.38 bits per heavy atom. The quantitative estimate of drug-likeness (QED) is 0.475. The maximum atomic E-state index is 12.6. The van der Waals surface area contributed by atoms with Gasteiger partial charge in [0.15, 0.2) is 5.82 Å². The van der Waals surface area contributed by atoms with Crippen LogP contribution in [-0.4, -0.2) is 49.6 Å². The van der Waals surface area contributed by atoms with Gasteiger partial charge in [-0.2, -0.15) is 0 Å². The van der Waals surface area contributed by atoms with Crippen LogP contribution in [0.5, 0.6) is 0 Å². The standard InChI is InChI=1S/C20H25ClN6O2.4H2/c1-11(28)16(19(29)25-10-20(2,3)4)26-15-5-6-22-18(27-15)14-9-24-17-13(14)7-12(21)8-23-17;;;;/h5-9,11,16,28H,10H2,1-4H3,(H,23,24)(H,25,29)(H,22,26,27);4*1H/t11-,16-;;;;/m1..../s1. The van der Waals surface area contributed by atoms with Gasteiger partial charge in [-0.1, -0.05) is 32.4 Å². The molecule has 0 aromatic carbocycles. The lowest BCUT2D eigenvalue weighted by atomic mass is 9.97. The maximum absolute atomic E-state index is 12.6. The third-order valence-corrected chi connectivity index (χ3v) is 4.46. The Labute approximate surface area is 180 Å². The Morgan fingerprint density at radius 2 is 2.14 bits per heavy atom. The molecule has 29 heavy (non-hydrogen) atoms. The molecule has 0 aliphatic rings. The molecule has 4 N–H and O–H groups in total. The molecule has 3 aromatic heterocycles. The van der Waals surface area contributed by atoms with Gasteiger partial charge in [0.1, 0.15) is 17.5 Å². The van der Waals surface area contributed by atoms with E-state index in [1.807, 2.05) is 20.8 Å². The molecule has 0 bridgehead atoms. The molecule has 0 unspecified atom stereocenters. The van der Waals surface area contributed by atoms with E-state index in [-0.39, 0.29) is 17.0 Å². The Bertz CT molecular complexity index is 1030. The summed E-state index contributed by atoms with van der Waals surface area (Å²) in [5.74, 6) is 0.582. The zero-order valence-corrected chi connectivity index (χ0v) is 17.6. The number of carbonyl (C=O) groups is 1. The minimum Gasteiger partial charge on any atom is -0.391 e. The van der Waals surface area contributed by atoms with E-state index in [2.05, 4.69) is 30.6 Å². The molecule has 0 saturated heterocycles. The van der Waals surface area contributed by atoms with Crippen molar-refractivity contribution in [3.63, 3.8) is 0 Å². The highest BCUT2D eigenvalue weighted by molar-refractivity contribution is 6.31. The largest absolute Gasteiger partial charge is 0.391 e. The molecule has 1 amide bonds. The van der Waals surface area contributed by atoms with E-state index in [1.54, 1.807) is 37.6 Å². The second-order valence-corrected chi connectivity index (χ2v) is 8.60. The van der Waals surface area contributed by atoms with Crippen LogP contribution >= 0.6 is 11.6 Å². The summed E-state index contributed by atoms with van der Waals surface area (Å²) in [6.45, 7) is 8.13. The van der Waals surface area contributed by atoms with Crippen molar-refractivity contribution in [1.29, 1.82) is 0 Å². The second-order valence-electron chi connectivity index (χ2n) is 8.16. The number of aromatic nitrogens is 4. The fourth-order valence-electron chi connectivity index (χ4n) is 2.76. The van der Waals surface area contributed by atoms with Crippen molar-refractivity contribution in [2.75, 3.05) is 11.9 Å². The summed E-state index contributed by atoms with van der Waals surface area (Å²) in [5.41, 5.74) is 1.35. The van der Waals surface area contributed by atoms with Gasteiger partial charge >= 0.3 is 0 Å². The topological polar surface area (TPSA) is 116 Å². The first-order chi connectivity index (χ1) is 13.6. The highest BCUT2D eigenvalue weighted by atomic mass is 35.5. The van der Waals surface area contributed by atoms with E-state index < -0.39 is 12.1 Å². The van der Waals surface area contributed by atoms with Gasteiger partial charge in [-0.05, 0) is 24.5 Å². The lowest BCUT2D eigenvalue weighted by molar-refractivity contribution is -0.124. The first-order valence-electron chi connectivity index (χ1n) is 9.32. The number of aliphatic hydroxyl groups excluding tert-OH is 1. The van der Waals surface area contributed by atoms with Crippen LogP contribution in [-0.2, 0) is 4.79 Å². The minimum absolute atomic E-state index is 0. The fraction of sp³-hybridized carbons (Fsp3) is 0.400. The number of fused-ring (bicyclic) bond motifs is 1. The number of amides is 1. The number of halogens is 1. The van der Waals surface area contributed by atoms with Crippen LogP contribution in [0, 0.1) is 5.41 Å². The second kappa shape index (κ2) is 8.34. The number of carbonyl (C=O) groups excluding carboxylic acids is 1. The van der Waals surface area contributed by atoms with Crippen molar-refractivity contribution in [3.05, 3.63) is 35.7 Å². The third-order valence-electron chi connectivity index (χ3n) is 4.26. The zero-order valence-electron chi connectivity index (χ0n) is 16.8. The molecule has 3 rings (SSSR count). The van der Waals surface area contributed by atoms with Crippen LogP contribution in [0.15, 0.2) is 30.7 Å². The molecule has 9 heteroatoms. The average molecular weight is 425 g/mol. The van der Waals surface area contributed by atoms with Crippen molar-refractivity contribution in [2.24, 2.45) is 5.41 Å². The van der Waals surface area contributed by atoms with Gasteiger partial charge in [0, 0.05) is 41.8 Å². The van der Waals surface area contributed by atoms with E-state index in [4.69, 9.17) is 11.6 Å². The van der Waals surface area contributed by atoms with Crippen molar-refractivity contribution >= 4 is 34.4 Å². The van der Waals surface area contributed by atoms with Gasteiger partial charge in [-0.25, -0.2) is 15.0 Å². The number of H-pyrrole nitrogens is 1. The van der Waals surface area contributed by atoms with Crippen molar-refractivity contribution in [2.45, 2.75) is 39.8 Å². The molecular weight excluding hydrogens is 392 g/mol. The Kier molecular flexibility index (Phi) is 6.04. The summed E-state index contributed by atoms with van der Waals surface area (Å²) in [6.07, 6.45) is 4.00. The highest BCUT2D eigenvalue weighted by Gasteiger charge is 2.25.